The molecule has 1 aromatic heterocycles. The first-order valence-corrected chi connectivity index (χ1v) is 10.2. The van der Waals surface area contributed by atoms with Crippen molar-refractivity contribution in [3.8, 4) is 11.5 Å². The molecule has 1 aromatic carbocycles. The molecule has 0 N–H and O–H groups in total. The minimum absolute atomic E-state index is 0.0827. The lowest BCUT2D eigenvalue weighted by atomic mass is 9.96. The Balaban J connectivity index is 1.42. The van der Waals surface area contributed by atoms with Gasteiger partial charge in [-0.2, -0.15) is 0 Å². The van der Waals surface area contributed by atoms with Crippen molar-refractivity contribution in [1.82, 2.24) is 9.80 Å². The van der Waals surface area contributed by atoms with Gasteiger partial charge in [-0.3, -0.25) is 9.59 Å². The van der Waals surface area contributed by atoms with Crippen LogP contribution in [0, 0.1) is 5.92 Å². The van der Waals surface area contributed by atoms with Crippen molar-refractivity contribution in [1.29, 1.82) is 0 Å². The first-order chi connectivity index (χ1) is 14.2. The number of rotatable bonds is 5. The number of amides is 2. The molecule has 2 aromatic rings. The van der Waals surface area contributed by atoms with Crippen LogP contribution in [0.2, 0.25) is 0 Å². The molecule has 0 saturated carbocycles. The lowest BCUT2D eigenvalue weighted by Crippen LogP contribution is -2.46. The Morgan fingerprint density at radius 3 is 2.76 bits per heavy atom. The van der Waals surface area contributed by atoms with Crippen LogP contribution in [0.3, 0.4) is 0 Å². The van der Waals surface area contributed by atoms with Gasteiger partial charge in [0, 0.05) is 26.2 Å². The van der Waals surface area contributed by atoms with Crippen LogP contribution in [0.25, 0.3) is 0 Å². The summed E-state index contributed by atoms with van der Waals surface area (Å²) in [6.07, 6.45) is 3.09. The summed E-state index contributed by atoms with van der Waals surface area (Å²) < 4.78 is 16.4. The molecule has 7 nitrogen and oxygen atoms in total. The highest BCUT2D eigenvalue weighted by atomic mass is 16.6. The SMILES string of the molecule is CCN(Cc1ccc2c(c1)OCCO2)C(=O)C1CCCN(C(=O)c2ccco2)C1. The zero-order valence-corrected chi connectivity index (χ0v) is 16.6. The van der Waals surface area contributed by atoms with E-state index in [1.54, 1.807) is 17.0 Å². The zero-order chi connectivity index (χ0) is 20.2. The van der Waals surface area contributed by atoms with Gasteiger partial charge in [-0.15, -0.1) is 0 Å². The largest absolute Gasteiger partial charge is 0.486 e. The minimum Gasteiger partial charge on any atom is -0.486 e. The number of benzene rings is 1. The molecular weight excluding hydrogens is 372 g/mol. The highest BCUT2D eigenvalue weighted by Gasteiger charge is 2.32. The number of furan rings is 1. The number of carbonyl (C=O) groups is 2. The zero-order valence-electron chi connectivity index (χ0n) is 16.6. The van der Waals surface area contributed by atoms with E-state index in [2.05, 4.69) is 0 Å². The second kappa shape index (κ2) is 8.59. The summed E-state index contributed by atoms with van der Waals surface area (Å²) >= 11 is 0. The number of hydrogen-bond donors (Lipinski definition) is 0. The fraction of sp³-hybridized carbons (Fsp3) is 0.455. The molecule has 2 aliphatic rings. The van der Waals surface area contributed by atoms with Gasteiger partial charge in [-0.05, 0) is 49.6 Å². The summed E-state index contributed by atoms with van der Waals surface area (Å²) in [5.74, 6) is 1.53. The van der Waals surface area contributed by atoms with Gasteiger partial charge in [0.2, 0.25) is 5.91 Å². The smallest absolute Gasteiger partial charge is 0.289 e. The molecular formula is C22H26N2O5. The number of ether oxygens (including phenoxy) is 2. The van der Waals surface area contributed by atoms with Crippen molar-refractivity contribution in [2.45, 2.75) is 26.3 Å². The predicted octanol–water partition coefficient (Wildman–Crippen LogP) is 2.95. The third kappa shape index (κ3) is 4.23. The monoisotopic (exact) mass is 398 g/mol. The van der Waals surface area contributed by atoms with E-state index < -0.39 is 0 Å². The molecule has 0 bridgehead atoms. The maximum Gasteiger partial charge on any atom is 0.289 e. The van der Waals surface area contributed by atoms with Gasteiger partial charge in [-0.25, -0.2) is 0 Å². The Morgan fingerprint density at radius 2 is 2.00 bits per heavy atom. The average Bonchev–Trinajstić information content (AvgIpc) is 3.31. The fourth-order valence-electron chi connectivity index (χ4n) is 3.93. The normalized spacial score (nSPS) is 18.4. The highest BCUT2D eigenvalue weighted by molar-refractivity contribution is 5.92. The molecule has 0 spiro atoms. The molecule has 154 valence electrons. The number of nitrogens with zero attached hydrogens (tertiary/aromatic N) is 2. The molecule has 0 aliphatic carbocycles. The predicted molar refractivity (Wildman–Crippen MR) is 106 cm³/mol. The fourth-order valence-corrected chi connectivity index (χ4v) is 3.93. The van der Waals surface area contributed by atoms with Crippen LogP contribution in [-0.4, -0.2) is 54.5 Å². The number of piperidine rings is 1. The molecule has 2 amide bonds. The summed E-state index contributed by atoms with van der Waals surface area (Å²) in [7, 11) is 0. The third-order valence-electron chi connectivity index (χ3n) is 5.46. The second-order valence-electron chi connectivity index (χ2n) is 7.40. The summed E-state index contributed by atoms with van der Waals surface area (Å²) in [6.45, 7) is 5.26. The first kappa shape index (κ1) is 19.4. The molecule has 1 atom stereocenters. The summed E-state index contributed by atoms with van der Waals surface area (Å²) in [5.41, 5.74) is 1.00. The van der Waals surface area contributed by atoms with E-state index in [0.29, 0.717) is 45.2 Å². The number of likely N-dealkylation sites (tertiary alicyclic amines) is 1. The standard InChI is InChI=1S/C22H26N2O5/c1-2-23(14-16-7-8-18-20(13-16)29-12-11-28-18)21(25)17-5-3-9-24(15-17)22(26)19-6-4-10-27-19/h4,6-8,10,13,17H,2-3,5,9,11-12,14-15H2,1H3. The molecule has 3 heterocycles. The van der Waals surface area contributed by atoms with Crippen molar-refractivity contribution in [2.24, 2.45) is 5.92 Å². The van der Waals surface area contributed by atoms with Gasteiger partial charge >= 0.3 is 0 Å². The van der Waals surface area contributed by atoms with Crippen LogP contribution in [0.5, 0.6) is 11.5 Å². The van der Waals surface area contributed by atoms with E-state index in [0.717, 1.165) is 29.9 Å². The van der Waals surface area contributed by atoms with Crippen LogP contribution in [0.4, 0.5) is 0 Å². The quantitative estimate of drug-likeness (QED) is 0.774. The number of fused-ring (bicyclic) bond motifs is 1. The second-order valence-corrected chi connectivity index (χ2v) is 7.40. The van der Waals surface area contributed by atoms with Crippen molar-refractivity contribution >= 4 is 11.8 Å². The molecule has 1 saturated heterocycles. The Hall–Kier alpha value is -2.96. The minimum atomic E-state index is -0.195. The van der Waals surface area contributed by atoms with E-state index >= 15 is 0 Å². The first-order valence-electron chi connectivity index (χ1n) is 10.2. The van der Waals surface area contributed by atoms with Gasteiger partial charge in [-0.1, -0.05) is 6.07 Å². The summed E-state index contributed by atoms with van der Waals surface area (Å²) in [6, 6.07) is 9.17. The van der Waals surface area contributed by atoms with Crippen LogP contribution in [-0.2, 0) is 11.3 Å². The van der Waals surface area contributed by atoms with Gasteiger partial charge < -0.3 is 23.7 Å². The average molecular weight is 398 g/mol. The van der Waals surface area contributed by atoms with Crippen LogP contribution in [0.1, 0.15) is 35.9 Å². The van der Waals surface area contributed by atoms with E-state index in [9.17, 15) is 9.59 Å². The van der Waals surface area contributed by atoms with Crippen molar-refractivity contribution in [2.75, 3.05) is 32.8 Å². The van der Waals surface area contributed by atoms with E-state index in [-0.39, 0.29) is 17.7 Å². The third-order valence-corrected chi connectivity index (χ3v) is 5.46. The summed E-state index contributed by atoms with van der Waals surface area (Å²) in [5, 5.41) is 0. The van der Waals surface area contributed by atoms with Gasteiger partial charge in [0.1, 0.15) is 13.2 Å². The number of carbonyl (C=O) groups excluding carboxylic acids is 2. The maximum atomic E-state index is 13.2. The van der Waals surface area contributed by atoms with Crippen LogP contribution < -0.4 is 9.47 Å². The Kier molecular flexibility index (Phi) is 5.74. The van der Waals surface area contributed by atoms with Crippen molar-refractivity contribution < 1.29 is 23.5 Å². The Labute approximate surface area is 170 Å². The Bertz CT molecular complexity index is 864. The van der Waals surface area contributed by atoms with Gasteiger partial charge in [0.25, 0.3) is 5.91 Å². The molecule has 7 heteroatoms. The Morgan fingerprint density at radius 1 is 1.17 bits per heavy atom. The van der Waals surface area contributed by atoms with Crippen molar-refractivity contribution in [3.05, 3.63) is 47.9 Å². The maximum absolute atomic E-state index is 13.2. The highest BCUT2D eigenvalue weighted by Crippen LogP contribution is 2.31. The molecule has 29 heavy (non-hydrogen) atoms. The van der Waals surface area contributed by atoms with Crippen LogP contribution >= 0.6 is 0 Å². The van der Waals surface area contributed by atoms with Crippen molar-refractivity contribution in [3.63, 3.8) is 0 Å². The van der Waals surface area contributed by atoms with Gasteiger partial charge in [0.05, 0.1) is 12.2 Å². The number of hydrogen-bond acceptors (Lipinski definition) is 5. The molecule has 1 unspecified atom stereocenters. The molecule has 0 radical (unpaired) electrons. The molecule has 1 fully saturated rings. The molecule has 2 aliphatic heterocycles. The van der Waals surface area contributed by atoms with E-state index in [1.165, 1.54) is 6.26 Å². The van der Waals surface area contributed by atoms with Gasteiger partial charge in [0.15, 0.2) is 17.3 Å². The lowest BCUT2D eigenvalue weighted by Gasteiger charge is -2.34. The summed E-state index contributed by atoms with van der Waals surface area (Å²) in [4.78, 5) is 29.3. The lowest BCUT2D eigenvalue weighted by molar-refractivity contribution is -0.137. The topological polar surface area (TPSA) is 72.2 Å². The molecule has 4 rings (SSSR count). The van der Waals surface area contributed by atoms with E-state index in [4.69, 9.17) is 13.9 Å². The van der Waals surface area contributed by atoms with E-state index in [1.807, 2.05) is 30.0 Å². The van der Waals surface area contributed by atoms with Crippen LogP contribution in [0.15, 0.2) is 41.0 Å².